The number of benzene rings is 3. The number of hydrogen-bond acceptors (Lipinski definition) is 5. The summed E-state index contributed by atoms with van der Waals surface area (Å²) in [5, 5.41) is 5.59. The molecule has 3 aromatic carbocycles. The van der Waals surface area contributed by atoms with Gasteiger partial charge in [0.1, 0.15) is 31.3 Å². The number of ether oxygens (including phenoxy) is 2. The zero-order chi connectivity index (χ0) is 25.5. The van der Waals surface area contributed by atoms with Gasteiger partial charge < -0.3 is 19.3 Å². The van der Waals surface area contributed by atoms with Crippen molar-refractivity contribution in [1.29, 1.82) is 0 Å². The highest BCUT2D eigenvalue weighted by molar-refractivity contribution is 6.32. The van der Waals surface area contributed by atoms with Gasteiger partial charge in [0.2, 0.25) is 0 Å². The van der Waals surface area contributed by atoms with E-state index >= 15 is 0 Å². The Morgan fingerprint density at radius 2 is 1.47 bits per heavy atom. The fourth-order valence-corrected chi connectivity index (χ4v) is 3.43. The molecule has 1 heterocycles. The average molecular weight is 517 g/mol. The molecule has 0 aliphatic heterocycles. The first-order chi connectivity index (χ1) is 17.3. The van der Waals surface area contributed by atoms with Gasteiger partial charge in [-0.05, 0) is 17.2 Å². The van der Waals surface area contributed by atoms with E-state index in [1.54, 1.807) is 11.4 Å². The van der Waals surface area contributed by atoms with E-state index in [9.17, 15) is 18.0 Å². The van der Waals surface area contributed by atoms with Crippen molar-refractivity contribution in [2.45, 2.75) is 19.4 Å². The lowest BCUT2D eigenvalue weighted by molar-refractivity contribution is -0.123. The first-order valence-corrected chi connectivity index (χ1v) is 11.2. The molecule has 0 aliphatic carbocycles. The van der Waals surface area contributed by atoms with E-state index in [4.69, 9.17) is 25.6 Å². The minimum absolute atomic E-state index is 0.0896. The summed E-state index contributed by atoms with van der Waals surface area (Å²) < 4.78 is 54.4. The van der Waals surface area contributed by atoms with Crippen LogP contribution in [0.1, 0.15) is 21.6 Å². The van der Waals surface area contributed by atoms with Crippen LogP contribution in [0.5, 0.6) is 11.5 Å². The zero-order valence-corrected chi connectivity index (χ0v) is 19.5. The summed E-state index contributed by atoms with van der Waals surface area (Å²) >= 11 is 6.46. The maximum atomic E-state index is 12.4. The minimum Gasteiger partial charge on any atom is -0.488 e. The van der Waals surface area contributed by atoms with Crippen LogP contribution in [0, 0.1) is 0 Å². The number of amides is 1. The lowest BCUT2D eigenvalue weighted by Crippen LogP contribution is -2.33. The summed E-state index contributed by atoms with van der Waals surface area (Å²) in [5.74, 6) is -0.255. The van der Waals surface area contributed by atoms with E-state index in [0.29, 0.717) is 17.1 Å². The van der Waals surface area contributed by atoms with Crippen molar-refractivity contribution in [2.75, 3.05) is 6.54 Å². The van der Waals surface area contributed by atoms with E-state index in [1.807, 2.05) is 60.7 Å². The minimum atomic E-state index is -4.55. The number of aromatic nitrogens is 1. The molecule has 1 aromatic heterocycles. The average Bonchev–Trinajstić information content (AvgIpc) is 3.37. The van der Waals surface area contributed by atoms with Crippen LogP contribution < -0.4 is 14.8 Å². The Labute approximate surface area is 209 Å². The molecule has 6 nitrogen and oxygen atoms in total. The highest BCUT2D eigenvalue weighted by atomic mass is 35.5. The van der Waals surface area contributed by atoms with Crippen LogP contribution in [-0.4, -0.2) is 23.8 Å². The number of halogens is 4. The van der Waals surface area contributed by atoms with Gasteiger partial charge >= 0.3 is 6.18 Å². The van der Waals surface area contributed by atoms with Crippen molar-refractivity contribution in [3.63, 3.8) is 0 Å². The van der Waals surface area contributed by atoms with E-state index < -0.39 is 18.6 Å². The summed E-state index contributed by atoms with van der Waals surface area (Å²) in [6.45, 7) is -1.01. The summed E-state index contributed by atoms with van der Waals surface area (Å²) in [6, 6.07) is 23.3. The molecule has 0 spiro atoms. The number of carbonyl (C=O) groups is 1. The summed E-state index contributed by atoms with van der Waals surface area (Å²) in [5.41, 5.74) is 1.87. The van der Waals surface area contributed by atoms with Crippen LogP contribution in [-0.2, 0) is 13.2 Å². The Morgan fingerprint density at radius 1 is 0.889 bits per heavy atom. The SMILES string of the molecule is O=C(NCC(F)(F)F)c1cc(-c2cc(Cl)c(OCc3ccccc3)cc2OCc2ccccc2)on1. The van der Waals surface area contributed by atoms with E-state index in [2.05, 4.69) is 5.16 Å². The second-order valence-corrected chi connectivity index (χ2v) is 8.11. The lowest BCUT2D eigenvalue weighted by atomic mass is 10.1. The molecule has 0 aliphatic rings. The predicted octanol–water partition coefficient (Wildman–Crippen LogP) is 6.45. The van der Waals surface area contributed by atoms with Gasteiger partial charge in [-0.2, -0.15) is 13.2 Å². The molecular formula is C26H20ClF3N2O4. The molecule has 186 valence electrons. The number of carbonyl (C=O) groups excluding carboxylic acids is 1. The molecule has 0 saturated carbocycles. The molecule has 0 radical (unpaired) electrons. The molecule has 1 N–H and O–H groups in total. The third-order valence-electron chi connectivity index (χ3n) is 4.97. The Bertz CT molecular complexity index is 1310. The number of rotatable bonds is 9. The third kappa shape index (κ3) is 6.79. The molecule has 0 atom stereocenters. The topological polar surface area (TPSA) is 73.6 Å². The van der Waals surface area contributed by atoms with Crippen LogP contribution in [0.2, 0.25) is 5.02 Å². The standard InChI is InChI=1S/C26H20ClF3N2O4/c27-20-11-19(23-12-21(32-36-23)25(33)31-16-26(28,29)30)22(34-14-17-7-3-1-4-8-17)13-24(20)35-15-18-9-5-2-6-10-18/h1-13H,14-16H2,(H,31,33). The van der Waals surface area contributed by atoms with Gasteiger partial charge in [0.05, 0.1) is 10.6 Å². The largest absolute Gasteiger partial charge is 0.488 e. The van der Waals surface area contributed by atoms with Gasteiger partial charge in [0, 0.05) is 12.1 Å². The molecular weight excluding hydrogens is 497 g/mol. The van der Waals surface area contributed by atoms with Gasteiger partial charge in [0.15, 0.2) is 11.5 Å². The van der Waals surface area contributed by atoms with Gasteiger partial charge in [-0.3, -0.25) is 4.79 Å². The number of nitrogens with one attached hydrogen (secondary N) is 1. The number of alkyl halides is 3. The summed E-state index contributed by atoms with van der Waals surface area (Å²) in [4.78, 5) is 12.1. The van der Waals surface area contributed by atoms with Gasteiger partial charge in [-0.15, -0.1) is 0 Å². The number of nitrogens with zero attached hydrogens (tertiary/aromatic N) is 1. The Kier molecular flexibility index (Phi) is 7.80. The van der Waals surface area contributed by atoms with Crippen molar-refractivity contribution in [1.82, 2.24) is 10.5 Å². The molecule has 36 heavy (non-hydrogen) atoms. The van der Waals surface area contributed by atoms with Gasteiger partial charge in [-0.25, -0.2) is 0 Å². The number of hydrogen-bond donors (Lipinski definition) is 1. The van der Waals surface area contributed by atoms with E-state index in [-0.39, 0.29) is 29.7 Å². The summed E-state index contributed by atoms with van der Waals surface area (Å²) in [6.07, 6.45) is -4.55. The fourth-order valence-electron chi connectivity index (χ4n) is 3.21. The predicted molar refractivity (Wildman–Crippen MR) is 127 cm³/mol. The second kappa shape index (κ2) is 11.2. The van der Waals surface area contributed by atoms with E-state index in [1.165, 1.54) is 12.1 Å². The van der Waals surface area contributed by atoms with E-state index in [0.717, 1.165) is 11.1 Å². The first kappa shape index (κ1) is 25.1. The Balaban J connectivity index is 1.60. The molecule has 4 rings (SSSR count). The maximum absolute atomic E-state index is 12.4. The maximum Gasteiger partial charge on any atom is 0.405 e. The van der Waals surface area contributed by atoms with Crippen molar-refractivity contribution in [3.8, 4) is 22.8 Å². The van der Waals surface area contributed by atoms with Crippen molar-refractivity contribution in [2.24, 2.45) is 0 Å². The summed E-state index contributed by atoms with van der Waals surface area (Å²) in [7, 11) is 0. The molecule has 0 bridgehead atoms. The second-order valence-electron chi connectivity index (χ2n) is 7.70. The fraction of sp³-hybridized carbons (Fsp3) is 0.154. The molecule has 4 aromatic rings. The highest BCUT2D eigenvalue weighted by Crippen LogP contribution is 2.39. The Hall–Kier alpha value is -3.98. The molecule has 0 fully saturated rings. The van der Waals surface area contributed by atoms with Crippen LogP contribution in [0.15, 0.2) is 83.4 Å². The zero-order valence-electron chi connectivity index (χ0n) is 18.7. The van der Waals surface area contributed by atoms with Crippen molar-refractivity contribution in [3.05, 3.63) is 101 Å². The lowest BCUT2D eigenvalue weighted by Gasteiger charge is -2.14. The third-order valence-corrected chi connectivity index (χ3v) is 5.26. The van der Waals surface area contributed by atoms with Gasteiger partial charge in [-0.1, -0.05) is 77.4 Å². The smallest absolute Gasteiger partial charge is 0.405 e. The quantitative estimate of drug-likeness (QED) is 0.277. The normalized spacial score (nSPS) is 11.2. The van der Waals surface area contributed by atoms with Crippen LogP contribution in [0.25, 0.3) is 11.3 Å². The molecule has 1 amide bonds. The Morgan fingerprint density at radius 3 is 2.06 bits per heavy atom. The van der Waals surface area contributed by atoms with Crippen molar-refractivity contribution >= 4 is 17.5 Å². The molecule has 10 heteroatoms. The molecule has 0 saturated heterocycles. The monoisotopic (exact) mass is 516 g/mol. The first-order valence-electron chi connectivity index (χ1n) is 10.8. The highest BCUT2D eigenvalue weighted by Gasteiger charge is 2.29. The van der Waals surface area contributed by atoms with Crippen LogP contribution in [0.4, 0.5) is 13.2 Å². The van der Waals surface area contributed by atoms with Crippen molar-refractivity contribution < 1.29 is 32.0 Å². The van der Waals surface area contributed by atoms with Gasteiger partial charge in [0.25, 0.3) is 5.91 Å². The van der Waals surface area contributed by atoms with Crippen LogP contribution >= 0.6 is 11.6 Å². The molecule has 0 unspecified atom stereocenters. The van der Waals surface area contributed by atoms with Crippen LogP contribution in [0.3, 0.4) is 0 Å².